The molecule has 1 saturated heterocycles. The van der Waals surface area contributed by atoms with E-state index in [1.165, 1.54) is 30.4 Å². The molecular formula is C20H29N3O2. The first-order valence-electron chi connectivity index (χ1n) is 9.54. The van der Waals surface area contributed by atoms with E-state index in [0.717, 1.165) is 44.3 Å². The molecule has 1 heterocycles. The van der Waals surface area contributed by atoms with E-state index in [9.17, 15) is 9.59 Å². The van der Waals surface area contributed by atoms with Crippen molar-refractivity contribution in [1.82, 2.24) is 10.2 Å². The number of carbonyl (C=O) groups is 2. The molecule has 1 aliphatic heterocycles. The van der Waals surface area contributed by atoms with Gasteiger partial charge in [-0.2, -0.15) is 0 Å². The Morgan fingerprint density at radius 2 is 1.96 bits per heavy atom. The Morgan fingerprint density at radius 1 is 1.16 bits per heavy atom. The van der Waals surface area contributed by atoms with Gasteiger partial charge in [0.15, 0.2) is 0 Å². The van der Waals surface area contributed by atoms with Crippen LogP contribution < -0.4 is 11.1 Å². The molecule has 1 aromatic carbocycles. The molecule has 1 aromatic rings. The van der Waals surface area contributed by atoms with Gasteiger partial charge in [0.1, 0.15) is 0 Å². The number of nitrogens with zero attached hydrogens (tertiary/aromatic N) is 1. The van der Waals surface area contributed by atoms with Gasteiger partial charge in [0.2, 0.25) is 11.8 Å². The van der Waals surface area contributed by atoms with E-state index in [1.54, 1.807) is 0 Å². The Kier molecular flexibility index (Phi) is 6.08. The minimum atomic E-state index is -0.228. The van der Waals surface area contributed by atoms with Gasteiger partial charge in [-0.05, 0) is 68.2 Å². The smallest absolute Gasteiger partial charge is 0.234 e. The van der Waals surface area contributed by atoms with Crippen molar-refractivity contribution in [3.8, 4) is 0 Å². The lowest BCUT2D eigenvalue weighted by Gasteiger charge is -2.21. The Bertz CT molecular complexity index is 629. The van der Waals surface area contributed by atoms with Crippen LogP contribution in [0, 0.1) is 0 Å². The molecule has 0 spiro atoms. The average molecular weight is 343 g/mol. The van der Waals surface area contributed by atoms with Crippen LogP contribution in [0.15, 0.2) is 18.2 Å². The molecule has 5 heteroatoms. The summed E-state index contributed by atoms with van der Waals surface area (Å²) in [6, 6.07) is 6.36. The normalized spacial score (nSPS) is 20.2. The van der Waals surface area contributed by atoms with Gasteiger partial charge in [-0.25, -0.2) is 0 Å². The zero-order chi connectivity index (χ0) is 17.6. The largest absolute Gasteiger partial charge is 0.368 e. The standard InChI is InChI=1S/C20H29N3O2/c21-20(25)18-7-3-11-23(18)12-4-10-22-19(24)14-15-8-9-16-5-1-2-6-17(16)13-15/h8-9,13,18H,1-7,10-12,14H2,(H2,21,25)(H,22,24)/t18-/m1/s1. The fraction of sp³-hybridized carbons (Fsp3) is 0.600. The van der Waals surface area contributed by atoms with Crippen molar-refractivity contribution < 1.29 is 9.59 Å². The highest BCUT2D eigenvalue weighted by Gasteiger charge is 2.28. The van der Waals surface area contributed by atoms with Crippen LogP contribution >= 0.6 is 0 Å². The van der Waals surface area contributed by atoms with Gasteiger partial charge >= 0.3 is 0 Å². The molecule has 0 radical (unpaired) electrons. The number of rotatable bonds is 7. The predicted molar refractivity (Wildman–Crippen MR) is 98.2 cm³/mol. The summed E-state index contributed by atoms with van der Waals surface area (Å²) < 4.78 is 0. The highest BCUT2D eigenvalue weighted by Crippen LogP contribution is 2.22. The maximum Gasteiger partial charge on any atom is 0.234 e. The van der Waals surface area contributed by atoms with Gasteiger partial charge in [-0.3, -0.25) is 14.5 Å². The van der Waals surface area contributed by atoms with Crippen molar-refractivity contribution in [2.45, 2.75) is 57.4 Å². The molecular weight excluding hydrogens is 314 g/mol. The van der Waals surface area contributed by atoms with E-state index in [-0.39, 0.29) is 17.9 Å². The molecule has 1 fully saturated rings. The minimum absolute atomic E-state index is 0.0728. The number of aryl methyl sites for hydroxylation is 2. The summed E-state index contributed by atoms with van der Waals surface area (Å²) in [6.07, 6.45) is 8.02. The fourth-order valence-corrected chi connectivity index (χ4v) is 4.07. The van der Waals surface area contributed by atoms with Gasteiger partial charge in [-0.1, -0.05) is 18.2 Å². The SMILES string of the molecule is NC(=O)[C@H]1CCCN1CCCNC(=O)Cc1ccc2c(c1)CCCC2. The highest BCUT2D eigenvalue weighted by atomic mass is 16.2. The Labute approximate surface area is 150 Å². The van der Waals surface area contributed by atoms with Crippen LogP contribution in [0.3, 0.4) is 0 Å². The van der Waals surface area contributed by atoms with Crippen LogP contribution in [0.5, 0.6) is 0 Å². The minimum Gasteiger partial charge on any atom is -0.368 e. The molecule has 25 heavy (non-hydrogen) atoms. The quantitative estimate of drug-likeness (QED) is 0.738. The van der Waals surface area contributed by atoms with Crippen LogP contribution in [0.25, 0.3) is 0 Å². The number of nitrogens with one attached hydrogen (secondary N) is 1. The molecule has 1 aliphatic carbocycles. The summed E-state index contributed by atoms with van der Waals surface area (Å²) in [4.78, 5) is 25.7. The first-order valence-corrected chi connectivity index (χ1v) is 9.54. The monoisotopic (exact) mass is 343 g/mol. The number of benzene rings is 1. The molecule has 2 amide bonds. The molecule has 3 N–H and O–H groups in total. The second-order valence-corrected chi connectivity index (χ2v) is 7.29. The van der Waals surface area contributed by atoms with E-state index in [2.05, 4.69) is 28.4 Å². The zero-order valence-electron chi connectivity index (χ0n) is 14.9. The van der Waals surface area contributed by atoms with Crippen molar-refractivity contribution in [2.75, 3.05) is 19.6 Å². The predicted octanol–water partition coefficient (Wildman–Crippen LogP) is 1.56. The molecule has 0 saturated carbocycles. The molecule has 1 atom stereocenters. The van der Waals surface area contributed by atoms with Crippen LogP contribution in [-0.2, 0) is 28.9 Å². The summed E-state index contributed by atoms with van der Waals surface area (Å²) >= 11 is 0. The Balaban J connectivity index is 1.39. The lowest BCUT2D eigenvalue weighted by Crippen LogP contribution is -2.41. The number of carbonyl (C=O) groups excluding carboxylic acids is 2. The molecule has 0 bridgehead atoms. The van der Waals surface area contributed by atoms with Crippen molar-refractivity contribution in [3.63, 3.8) is 0 Å². The molecule has 0 unspecified atom stereocenters. The molecule has 3 rings (SSSR count). The van der Waals surface area contributed by atoms with Crippen LogP contribution in [0.1, 0.15) is 48.8 Å². The maximum atomic E-state index is 12.2. The third kappa shape index (κ3) is 4.82. The lowest BCUT2D eigenvalue weighted by atomic mass is 9.90. The number of amides is 2. The van der Waals surface area contributed by atoms with E-state index < -0.39 is 0 Å². The average Bonchev–Trinajstić information content (AvgIpc) is 3.07. The van der Waals surface area contributed by atoms with Gasteiger partial charge in [-0.15, -0.1) is 0 Å². The lowest BCUT2D eigenvalue weighted by molar-refractivity contribution is -0.122. The second-order valence-electron chi connectivity index (χ2n) is 7.29. The van der Waals surface area contributed by atoms with Gasteiger partial charge in [0, 0.05) is 13.1 Å². The summed E-state index contributed by atoms with van der Waals surface area (Å²) in [5, 5.41) is 3.00. The van der Waals surface area contributed by atoms with Crippen molar-refractivity contribution >= 4 is 11.8 Å². The topological polar surface area (TPSA) is 75.4 Å². The fourth-order valence-electron chi connectivity index (χ4n) is 4.07. The van der Waals surface area contributed by atoms with E-state index >= 15 is 0 Å². The molecule has 0 aromatic heterocycles. The second kappa shape index (κ2) is 8.48. The first kappa shape index (κ1) is 17.9. The van der Waals surface area contributed by atoms with Gasteiger partial charge in [0.25, 0.3) is 0 Å². The van der Waals surface area contributed by atoms with E-state index in [4.69, 9.17) is 5.73 Å². The van der Waals surface area contributed by atoms with E-state index in [0.29, 0.717) is 13.0 Å². The third-order valence-electron chi connectivity index (χ3n) is 5.41. The number of nitrogens with two attached hydrogens (primary N) is 1. The van der Waals surface area contributed by atoms with Crippen molar-refractivity contribution in [3.05, 3.63) is 34.9 Å². The van der Waals surface area contributed by atoms with Gasteiger partial charge in [0.05, 0.1) is 12.5 Å². The first-order chi connectivity index (χ1) is 12.1. The summed E-state index contributed by atoms with van der Waals surface area (Å²) in [6.45, 7) is 2.38. The van der Waals surface area contributed by atoms with Crippen LogP contribution in [0.4, 0.5) is 0 Å². The molecule has 136 valence electrons. The van der Waals surface area contributed by atoms with E-state index in [1.807, 2.05) is 0 Å². The summed E-state index contributed by atoms with van der Waals surface area (Å²) in [5.41, 5.74) is 9.40. The molecule has 5 nitrogen and oxygen atoms in total. The number of primary amides is 1. The van der Waals surface area contributed by atoms with Crippen molar-refractivity contribution in [1.29, 1.82) is 0 Å². The van der Waals surface area contributed by atoms with Gasteiger partial charge < -0.3 is 11.1 Å². The Hall–Kier alpha value is -1.88. The number of hydrogen-bond acceptors (Lipinski definition) is 3. The highest BCUT2D eigenvalue weighted by molar-refractivity contribution is 5.80. The van der Waals surface area contributed by atoms with Crippen LogP contribution in [0.2, 0.25) is 0 Å². The molecule has 2 aliphatic rings. The summed E-state index contributed by atoms with van der Waals surface area (Å²) in [5.74, 6) is -0.155. The third-order valence-corrected chi connectivity index (χ3v) is 5.41. The van der Waals surface area contributed by atoms with Crippen molar-refractivity contribution in [2.24, 2.45) is 5.73 Å². The van der Waals surface area contributed by atoms with Crippen LogP contribution in [-0.4, -0.2) is 42.4 Å². The Morgan fingerprint density at radius 3 is 2.76 bits per heavy atom. The maximum absolute atomic E-state index is 12.2. The number of likely N-dealkylation sites (tertiary alicyclic amines) is 1. The number of fused-ring (bicyclic) bond motifs is 1. The zero-order valence-corrected chi connectivity index (χ0v) is 14.9. The number of hydrogen-bond donors (Lipinski definition) is 2. The summed E-state index contributed by atoms with van der Waals surface area (Å²) in [7, 11) is 0.